The molecule has 0 saturated heterocycles. The van der Waals surface area contributed by atoms with E-state index in [4.69, 9.17) is 11.6 Å². The molecule has 3 rings (SSSR count). The van der Waals surface area contributed by atoms with E-state index >= 15 is 0 Å². The molecule has 1 atom stereocenters. The number of thioether (sulfide) groups is 1. The van der Waals surface area contributed by atoms with Crippen molar-refractivity contribution in [3.63, 3.8) is 0 Å². The van der Waals surface area contributed by atoms with Crippen molar-refractivity contribution in [2.24, 2.45) is 0 Å². The lowest BCUT2D eigenvalue weighted by molar-refractivity contribution is -0.115. The van der Waals surface area contributed by atoms with Gasteiger partial charge in [-0.05, 0) is 60.5 Å². The van der Waals surface area contributed by atoms with Crippen LogP contribution in [0.1, 0.15) is 18.9 Å². The molecule has 0 heterocycles. The predicted molar refractivity (Wildman–Crippen MR) is 131 cm³/mol. The lowest BCUT2D eigenvalue weighted by Crippen LogP contribution is -2.24. The van der Waals surface area contributed by atoms with Gasteiger partial charge in [0.25, 0.3) is 0 Å². The van der Waals surface area contributed by atoms with Crippen molar-refractivity contribution in [3.05, 3.63) is 95.5 Å². The van der Waals surface area contributed by atoms with E-state index in [0.29, 0.717) is 22.8 Å². The summed E-state index contributed by atoms with van der Waals surface area (Å²) in [6.07, 6.45) is 3.94. The maximum atomic E-state index is 12.7. The fraction of sp³-hybridized carbons (Fsp3) is 0.120. The molecule has 0 bridgehead atoms. The Morgan fingerprint density at radius 3 is 2.39 bits per heavy atom. The Kier molecular flexibility index (Phi) is 8.33. The highest BCUT2D eigenvalue weighted by Crippen LogP contribution is 2.28. The van der Waals surface area contributed by atoms with E-state index in [-0.39, 0.29) is 17.1 Å². The molecule has 0 spiro atoms. The quantitative estimate of drug-likeness (QED) is 0.304. The molecule has 2 N–H and O–H groups in total. The maximum Gasteiger partial charge on any atom is 0.248 e. The van der Waals surface area contributed by atoms with Crippen LogP contribution in [0.3, 0.4) is 0 Å². The van der Waals surface area contributed by atoms with Crippen molar-refractivity contribution in [1.29, 1.82) is 0 Å². The van der Waals surface area contributed by atoms with E-state index in [1.54, 1.807) is 30.3 Å². The smallest absolute Gasteiger partial charge is 0.248 e. The molecule has 3 aromatic carbocycles. The number of halogens is 1. The first kappa shape index (κ1) is 22.7. The van der Waals surface area contributed by atoms with Crippen LogP contribution in [0.25, 0.3) is 6.08 Å². The van der Waals surface area contributed by atoms with Crippen molar-refractivity contribution in [1.82, 2.24) is 0 Å². The van der Waals surface area contributed by atoms with Gasteiger partial charge < -0.3 is 10.6 Å². The second-order valence-corrected chi connectivity index (χ2v) is 8.48. The van der Waals surface area contributed by atoms with Crippen LogP contribution in [-0.2, 0) is 9.59 Å². The average Bonchev–Trinajstić information content (AvgIpc) is 2.78. The first-order valence-corrected chi connectivity index (χ1v) is 11.2. The summed E-state index contributed by atoms with van der Waals surface area (Å²) in [6, 6.07) is 24.2. The van der Waals surface area contributed by atoms with Gasteiger partial charge in [0.15, 0.2) is 0 Å². The third-order valence-electron chi connectivity index (χ3n) is 4.38. The number of rotatable bonds is 8. The molecule has 0 aliphatic rings. The van der Waals surface area contributed by atoms with E-state index in [1.807, 2.05) is 61.5 Å². The standard InChI is InChI=1S/C25H23ClN2O2S/c1-2-23(25(30)28-20-14-12-19(26)13-15-20)31-22-10-6-9-21(17-22)27-24(29)16-11-18-7-4-3-5-8-18/h3-17,23H,2H2,1H3,(H,27,29)(H,28,30)/b16-11+. The van der Waals surface area contributed by atoms with Gasteiger partial charge in [0, 0.05) is 27.4 Å². The number of hydrogen-bond donors (Lipinski definition) is 2. The summed E-state index contributed by atoms with van der Waals surface area (Å²) in [6.45, 7) is 1.97. The van der Waals surface area contributed by atoms with E-state index in [2.05, 4.69) is 10.6 Å². The van der Waals surface area contributed by atoms with Crippen LogP contribution in [-0.4, -0.2) is 17.1 Å². The van der Waals surface area contributed by atoms with Gasteiger partial charge in [-0.25, -0.2) is 0 Å². The van der Waals surface area contributed by atoms with Gasteiger partial charge >= 0.3 is 0 Å². The van der Waals surface area contributed by atoms with Crippen molar-refractivity contribution in [2.45, 2.75) is 23.5 Å². The van der Waals surface area contributed by atoms with Crippen LogP contribution in [0.5, 0.6) is 0 Å². The summed E-state index contributed by atoms with van der Waals surface area (Å²) in [7, 11) is 0. The molecule has 158 valence electrons. The summed E-state index contributed by atoms with van der Waals surface area (Å²) in [5.74, 6) is -0.284. The highest BCUT2D eigenvalue weighted by molar-refractivity contribution is 8.00. The maximum absolute atomic E-state index is 12.7. The number of carbonyl (C=O) groups is 2. The zero-order chi connectivity index (χ0) is 22.1. The van der Waals surface area contributed by atoms with Crippen molar-refractivity contribution in [2.75, 3.05) is 10.6 Å². The minimum atomic E-state index is -0.264. The number of hydrogen-bond acceptors (Lipinski definition) is 3. The topological polar surface area (TPSA) is 58.2 Å². The molecule has 0 aliphatic heterocycles. The lowest BCUT2D eigenvalue weighted by atomic mass is 10.2. The summed E-state index contributed by atoms with van der Waals surface area (Å²) in [4.78, 5) is 25.8. The molecule has 0 fully saturated rings. The Balaban J connectivity index is 1.60. The Labute approximate surface area is 191 Å². The van der Waals surface area contributed by atoms with Gasteiger partial charge in [-0.15, -0.1) is 11.8 Å². The number of anilines is 2. The molecule has 31 heavy (non-hydrogen) atoms. The van der Waals surface area contributed by atoms with Crippen LogP contribution in [0.15, 0.2) is 89.8 Å². The number of benzene rings is 3. The van der Waals surface area contributed by atoms with Crippen LogP contribution in [0.2, 0.25) is 5.02 Å². The first-order chi connectivity index (χ1) is 15.0. The molecule has 0 aromatic heterocycles. The molecule has 3 aromatic rings. The van der Waals surface area contributed by atoms with Crippen LogP contribution < -0.4 is 10.6 Å². The van der Waals surface area contributed by atoms with Crippen LogP contribution in [0.4, 0.5) is 11.4 Å². The summed E-state index contributed by atoms with van der Waals surface area (Å²) in [5.41, 5.74) is 2.35. The van der Waals surface area contributed by atoms with Crippen LogP contribution in [0, 0.1) is 0 Å². The number of nitrogens with one attached hydrogen (secondary N) is 2. The highest BCUT2D eigenvalue weighted by Gasteiger charge is 2.18. The predicted octanol–water partition coefficient (Wildman–Crippen LogP) is 6.50. The third kappa shape index (κ3) is 7.31. The summed E-state index contributed by atoms with van der Waals surface area (Å²) in [5, 5.41) is 6.15. The second kappa shape index (κ2) is 11.4. The van der Waals surface area contributed by atoms with Crippen molar-refractivity contribution < 1.29 is 9.59 Å². The van der Waals surface area contributed by atoms with Gasteiger partial charge in [-0.3, -0.25) is 9.59 Å². The fourth-order valence-corrected chi connectivity index (χ4v) is 3.95. The molecular formula is C25H23ClN2O2S. The SMILES string of the molecule is CCC(Sc1cccc(NC(=O)/C=C/c2ccccc2)c1)C(=O)Nc1ccc(Cl)cc1. The molecule has 4 nitrogen and oxygen atoms in total. The van der Waals surface area contributed by atoms with Gasteiger partial charge in [-0.2, -0.15) is 0 Å². The minimum Gasteiger partial charge on any atom is -0.325 e. The summed E-state index contributed by atoms with van der Waals surface area (Å²) < 4.78 is 0. The van der Waals surface area contributed by atoms with Crippen molar-refractivity contribution >= 4 is 52.6 Å². The van der Waals surface area contributed by atoms with Crippen molar-refractivity contribution in [3.8, 4) is 0 Å². The number of amides is 2. The lowest BCUT2D eigenvalue weighted by Gasteiger charge is -2.15. The molecule has 0 radical (unpaired) electrons. The normalized spacial score (nSPS) is 11.8. The zero-order valence-corrected chi connectivity index (χ0v) is 18.6. The molecular weight excluding hydrogens is 428 g/mol. The van der Waals surface area contributed by atoms with Gasteiger partial charge in [-0.1, -0.05) is 54.9 Å². The van der Waals surface area contributed by atoms with Crippen LogP contribution >= 0.6 is 23.4 Å². The zero-order valence-electron chi connectivity index (χ0n) is 17.0. The third-order valence-corrected chi connectivity index (χ3v) is 5.99. The molecule has 2 amide bonds. The first-order valence-electron chi connectivity index (χ1n) is 9.91. The average molecular weight is 451 g/mol. The fourth-order valence-electron chi connectivity index (χ4n) is 2.81. The highest BCUT2D eigenvalue weighted by atomic mass is 35.5. The largest absolute Gasteiger partial charge is 0.325 e. The minimum absolute atomic E-state index is 0.0740. The second-order valence-electron chi connectivity index (χ2n) is 6.77. The van der Waals surface area contributed by atoms with Gasteiger partial charge in [0.05, 0.1) is 5.25 Å². The van der Waals surface area contributed by atoms with E-state index in [1.165, 1.54) is 17.8 Å². The molecule has 0 saturated carbocycles. The Morgan fingerprint density at radius 2 is 1.68 bits per heavy atom. The number of carbonyl (C=O) groups excluding carboxylic acids is 2. The Bertz CT molecular complexity index is 1050. The van der Waals surface area contributed by atoms with E-state index in [0.717, 1.165) is 10.5 Å². The Hall–Kier alpha value is -3.02. The molecule has 0 aliphatic carbocycles. The molecule has 6 heteroatoms. The van der Waals surface area contributed by atoms with E-state index in [9.17, 15) is 9.59 Å². The van der Waals surface area contributed by atoms with E-state index < -0.39 is 0 Å². The summed E-state index contributed by atoms with van der Waals surface area (Å²) >= 11 is 7.36. The van der Waals surface area contributed by atoms with Gasteiger partial charge in [0.1, 0.15) is 0 Å². The Morgan fingerprint density at radius 1 is 0.935 bits per heavy atom. The monoisotopic (exact) mass is 450 g/mol. The van der Waals surface area contributed by atoms with Gasteiger partial charge in [0.2, 0.25) is 11.8 Å². The molecule has 1 unspecified atom stereocenters.